The highest BCUT2D eigenvalue weighted by molar-refractivity contribution is 5.81. The van der Waals surface area contributed by atoms with Gasteiger partial charge in [-0.05, 0) is 38.1 Å². The Bertz CT molecular complexity index is 398. The number of benzene rings is 1. The molecule has 1 rings (SSSR count). The third-order valence-corrected chi connectivity index (χ3v) is 2.34. The maximum absolute atomic E-state index is 11.7. The minimum atomic E-state index is -0.469. The molecule has 0 saturated heterocycles. The average molecular weight is 249 g/mol. The summed E-state index contributed by atoms with van der Waals surface area (Å²) in [4.78, 5) is 11.7. The zero-order chi connectivity index (χ0) is 13.4. The molecule has 1 atom stereocenters. The van der Waals surface area contributed by atoms with Crippen molar-refractivity contribution >= 4 is 11.7 Å². The van der Waals surface area contributed by atoms with Gasteiger partial charge in [-0.25, -0.2) is 4.79 Å². The number of methoxy groups -OCH3 is 1. The van der Waals surface area contributed by atoms with Gasteiger partial charge in [0.2, 0.25) is 0 Å². The molecule has 4 heteroatoms. The molecule has 0 bridgehead atoms. The number of ether oxygens (including phenoxy) is 2. The van der Waals surface area contributed by atoms with Gasteiger partial charge in [-0.15, -0.1) is 0 Å². The highest BCUT2D eigenvalue weighted by Crippen LogP contribution is 2.16. The molecule has 0 saturated carbocycles. The first-order valence-electron chi connectivity index (χ1n) is 5.91. The third kappa shape index (κ3) is 4.13. The van der Waals surface area contributed by atoms with Crippen LogP contribution >= 0.6 is 0 Å². The highest BCUT2D eigenvalue weighted by atomic mass is 16.5. The Morgan fingerprint density at radius 3 is 2.56 bits per heavy atom. The van der Waals surface area contributed by atoms with E-state index in [1.807, 2.05) is 37.3 Å². The molecule has 0 aliphatic carbocycles. The van der Waals surface area contributed by atoms with Gasteiger partial charge in [-0.3, -0.25) is 0 Å². The minimum absolute atomic E-state index is 0.286. The van der Waals surface area contributed by atoms with E-state index < -0.39 is 6.04 Å². The number of allylic oxidation sites excluding steroid dienone is 1. The van der Waals surface area contributed by atoms with Crippen LogP contribution < -0.4 is 10.1 Å². The molecule has 18 heavy (non-hydrogen) atoms. The van der Waals surface area contributed by atoms with E-state index in [4.69, 9.17) is 9.47 Å². The Labute approximate surface area is 108 Å². The zero-order valence-corrected chi connectivity index (χ0v) is 11.0. The summed E-state index contributed by atoms with van der Waals surface area (Å²) >= 11 is 0. The van der Waals surface area contributed by atoms with Crippen LogP contribution in [0.1, 0.15) is 13.8 Å². The molecule has 1 unspecified atom stereocenters. The number of hydrogen-bond donors (Lipinski definition) is 1. The van der Waals surface area contributed by atoms with Gasteiger partial charge >= 0.3 is 5.97 Å². The van der Waals surface area contributed by atoms with Crippen LogP contribution in [-0.2, 0) is 9.53 Å². The highest BCUT2D eigenvalue weighted by Gasteiger charge is 2.15. The largest absolute Gasteiger partial charge is 0.497 e. The molecular weight excluding hydrogens is 230 g/mol. The van der Waals surface area contributed by atoms with Crippen molar-refractivity contribution in [2.24, 2.45) is 0 Å². The lowest BCUT2D eigenvalue weighted by Gasteiger charge is -2.15. The summed E-state index contributed by atoms with van der Waals surface area (Å²) < 4.78 is 10.1. The minimum Gasteiger partial charge on any atom is -0.497 e. The molecule has 0 heterocycles. The van der Waals surface area contributed by atoms with Gasteiger partial charge in [0.05, 0.1) is 13.7 Å². The monoisotopic (exact) mass is 249 g/mol. The summed E-state index contributed by atoms with van der Waals surface area (Å²) in [7, 11) is 1.61. The molecule has 1 aromatic rings. The SMILES string of the molecule is C/C=C/C(Nc1ccc(OC)cc1)C(=O)OCC. The molecule has 98 valence electrons. The molecule has 0 fully saturated rings. The molecule has 0 amide bonds. The first-order valence-corrected chi connectivity index (χ1v) is 5.91. The molecule has 0 radical (unpaired) electrons. The number of esters is 1. The fourth-order valence-electron chi connectivity index (χ4n) is 1.48. The fraction of sp³-hybridized carbons (Fsp3) is 0.357. The molecule has 1 aromatic carbocycles. The molecule has 4 nitrogen and oxygen atoms in total. The van der Waals surface area contributed by atoms with E-state index in [9.17, 15) is 4.79 Å². The van der Waals surface area contributed by atoms with E-state index in [1.54, 1.807) is 20.1 Å². The Kier molecular flexibility index (Phi) is 5.77. The molecule has 0 aromatic heterocycles. The lowest BCUT2D eigenvalue weighted by atomic mass is 10.2. The first-order chi connectivity index (χ1) is 8.71. The van der Waals surface area contributed by atoms with Crippen LogP contribution in [0.25, 0.3) is 0 Å². The predicted molar refractivity (Wildman–Crippen MR) is 71.9 cm³/mol. The Balaban J connectivity index is 2.73. The maximum atomic E-state index is 11.7. The lowest BCUT2D eigenvalue weighted by Crippen LogP contribution is -2.29. The second kappa shape index (κ2) is 7.37. The number of carbonyl (C=O) groups excluding carboxylic acids is 1. The van der Waals surface area contributed by atoms with E-state index in [2.05, 4.69) is 5.32 Å². The topological polar surface area (TPSA) is 47.6 Å². The number of nitrogens with one attached hydrogen (secondary N) is 1. The van der Waals surface area contributed by atoms with Crippen molar-refractivity contribution in [3.8, 4) is 5.75 Å². The van der Waals surface area contributed by atoms with Gasteiger partial charge in [0.15, 0.2) is 0 Å². The van der Waals surface area contributed by atoms with E-state index in [-0.39, 0.29) is 5.97 Å². The summed E-state index contributed by atoms with van der Waals surface area (Å²) in [5.74, 6) is 0.491. The number of hydrogen-bond acceptors (Lipinski definition) is 4. The number of anilines is 1. The molecular formula is C14H19NO3. The summed E-state index contributed by atoms with van der Waals surface area (Å²) in [6.07, 6.45) is 3.58. The van der Waals surface area contributed by atoms with E-state index >= 15 is 0 Å². The Morgan fingerprint density at radius 2 is 2.06 bits per heavy atom. The van der Waals surface area contributed by atoms with E-state index in [0.717, 1.165) is 11.4 Å². The van der Waals surface area contributed by atoms with Crippen molar-refractivity contribution in [1.29, 1.82) is 0 Å². The number of rotatable bonds is 6. The normalized spacial score (nSPS) is 12.2. The van der Waals surface area contributed by atoms with Crippen molar-refractivity contribution in [3.05, 3.63) is 36.4 Å². The Hall–Kier alpha value is -1.97. The lowest BCUT2D eigenvalue weighted by molar-refractivity contribution is -0.142. The molecule has 0 aliphatic heterocycles. The molecule has 0 aliphatic rings. The van der Waals surface area contributed by atoms with Crippen LogP contribution in [-0.4, -0.2) is 25.7 Å². The predicted octanol–water partition coefficient (Wildman–Crippen LogP) is 2.61. The van der Waals surface area contributed by atoms with Gasteiger partial charge < -0.3 is 14.8 Å². The second-order valence-electron chi connectivity index (χ2n) is 3.63. The maximum Gasteiger partial charge on any atom is 0.332 e. The smallest absolute Gasteiger partial charge is 0.332 e. The van der Waals surface area contributed by atoms with Gasteiger partial charge in [-0.1, -0.05) is 12.2 Å². The quantitative estimate of drug-likeness (QED) is 0.622. The van der Waals surface area contributed by atoms with Gasteiger partial charge in [0.25, 0.3) is 0 Å². The Morgan fingerprint density at radius 1 is 1.39 bits per heavy atom. The van der Waals surface area contributed by atoms with Gasteiger partial charge in [0, 0.05) is 5.69 Å². The second-order valence-corrected chi connectivity index (χ2v) is 3.63. The van der Waals surface area contributed by atoms with Crippen LogP contribution in [0, 0.1) is 0 Å². The van der Waals surface area contributed by atoms with Gasteiger partial charge in [-0.2, -0.15) is 0 Å². The summed E-state index contributed by atoms with van der Waals surface area (Å²) in [5.41, 5.74) is 0.840. The van der Waals surface area contributed by atoms with E-state index in [0.29, 0.717) is 6.61 Å². The standard InChI is InChI=1S/C14H19NO3/c1-4-6-13(14(16)18-5-2)15-11-7-9-12(17-3)10-8-11/h4,6-10,13,15H,5H2,1-3H3/b6-4+. The summed E-state index contributed by atoms with van der Waals surface area (Å²) in [5, 5.41) is 3.10. The van der Waals surface area contributed by atoms with Crippen molar-refractivity contribution in [2.45, 2.75) is 19.9 Å². The van der Waals surface area contributed by atoms with Crippen LogP contribution in [0.4, 0.5) is 5.69 Å². The van der Waals surface area contributed by atoms with Crippen LogP contribution in [0.15, 0.2) is 36.4 Å². The van der Waals surface area contributed by atoms with Crippen molar-refractivity contribution in [2.75, 3.05) is 19.0 Å². The fourth-order valence-corrected chi connectivity index (χ4v) is 1.48. The summed E-state index contributed by atoms with van der Waals surface area (Å²) in [6.45, 7) is 4.02. The first kappa shape index (κ1) is 14.1. The molecule has 0 spiro atoms. The summed E-state index contributed by atoms with van der Waals surface area (Å²) in [6, 6.07) is 6.91. The van der Waals surface area contributed by atoms with Crippen molar-refractivity contribution in [1.82, 2.24) is 0 Å². The average Bonchev–Trinajstić information content (AvgIpc) is 2.39. The van der Waals surface area contributed by atoms with E-state index in [1.165, 1.54) is 0 Å². The van der Waals surface area contributed by atoms with Crippen LogP contribution in [0.3, 0.4) is 0 Å². The van der Waals surface area contributed by atoms with Crippen LogP contribution in [0.2, 0.25) is 0 Å². The van der Waals surface area contributed by atoms with Gasteiger partial charge in [0.1, 0.15) is 11.8 Å². The molecule has 1 N–H and O–H groups in total. The van der Waals surface area contributed by atoms with Crippen molar-refractivity contribution < 1.29 is 14.3 Å². The number of carbonyl (C=O) groups is 1. The van der Waals surface area contributed by atoms with Crippen molar-refractivity contribution in [3.63, 3.8) is 0 Å². The zero-order valence-electron chi connectivity index (χ0n) is 11.0. The van der Waals surface area contributed by atoms with Crippen LogP contribution in [0.5, 0.6) is 5.75 Å². The third-order valence-electron chi connectivity index (χ3n) is 2.34.